The van der Waals surface area contributed by atoms with E-state index in [0.717, 1.165) is 0 Å². The van der Waals surface area contributed by atoms with E-state index in [2.05, 4.69) is 78.9 Å². The molecular weight excluding hydrogens is 228 g/mol. The van der Waals surface area contributed by atoms with Crippen LogP contribution in [0.5, 0.6) is 0 Å². The van der Waals surface area contributed by atoms with Gasteiger partial charge in [0.05, 0.1) is 0 Å². The molecule has 0 heteroatoms. The number of hydrogen-bond acceptors (Lipinski definition) is 0. The summed E-state index contributed by atoms with van der Waals surface area (Å²) < 4.78 is 0. The quantitative estimate of drug-likeness (QED) is 0.392. The lowest BCUT2D eigenvalue weighted by atomic mass is 10.0. The zero-order chi connectivity index (χ0) is 12.7. The molecule has 0 spiro atoms. The van der Waals surface area contributed by atoms with Crippen molar-refractivity contribution in [1.29, 1.82) is 0 Å². The summed E-state index contributed by atoms with van der Waals surface area (Å²) in [5.74, 6) is 0. The monoisotopic (exact) mass is 241 g/mol. The summed E-state index contributed by atoms with van der Waals surface area (Å²) in [6.45, 7) is 0. The van der Waals surface area contributed by atoms with Gasteiger partial charge in [-0.2, -0.15) is 0 Å². The molecule has 0 aliphatic rings. The third kappa shape index (κ3) is 1.65. The molecule has 0 unspecified atom stereocenters. The molecule has 0 fully saturated rings. The van der Waals surface area contributed by atoms with E-state index in [0.29, 0.717) is 0 Å². The summed E-state index contributed by atoms with van der Waals surface area (Å²) in [5.41, 5.74) is 2.61. The van der Waals surface area contributed by atoms with E-state index in [4.69, 9.17) is 0 Å². The number of fused-ring (bicyclic) bond motifs is 2. The van der Waals surface area contributed by atoms with Gasteiger partial charge in [0.1, 0.15) is 0 Å². The molecule has 0 atom stereocenters. The summed E-state index contributed by atoms with van der Waals surface area (Å²) in [4.78, 5) is 0. The topological polar surface area (TPSA) is 0 Å². The lowest BCUT2D eigenvalue weighted by Crippen LogP contribution is -1.77. The van der Waals surface area contributed by atoms with Gasteiger partial charge >= 0.3 is 0 Å². The lowest BCUT2D eigenvalue weighted by Gasteiger charge is -2.08. The van der Waals surface area contributed by atoms with Gasteiger partial charge in [0.2, 0.25) is 0 Å². The molecule has 0 saturated carbocycles. The average Bonchev–Trinajstić information content (AvgIpc) is 2.91. The normalized spacial score (nSPS) is 11.2. The molecule has 4 aromatic rings. The van der Waals surface area contributed by atoms with Crippen molar-refractivity contribution in [3.8, 4) is 11.1 Å². The first-order valence-electron chi connectivity index (χ1n) is 6.55. The van der Waals surface area contributed by atoms with Crippen LogP contribution in [0.4, 0.5) is 0 Å². The van der Waals surface area contributed by atoms with Crippen LogP contribution in [-0.4, -0.2) is 0 Å². The fourth-order valence-electron chi connectivity index (χ4n) is 2.76. The van der Waals surface area contributed by atoms with Crippen LogP contribution in [0, 0.1) is 0 Å². The second-order valence-electron chi connectivity index (χ2n) is 4.90. The Bertz CT molecular complexity index is 865. The fraction of sp³-hybridized carbons (Fsp3) is 0. The van der Waals surface area contributed by atoms with E-state index < -0.39 is 0 Å². The van der Waals surface area contributed by atoms with Gasteiger partial charge in [-0.15, -0.1) is 47.3 Å². The highest BCUT2D eigenvalue weighted by atomic mass is 14.1. The number of hydrogen-bond donors (Lipinski definition) is 0. The average molecular weight is 241 g/mol. The predicted molar refractivity (Wildman–Crippen MR) is 82.5 cm³/mol. The smallest absolute Gasteiger partial charge is 0.0184 e. The van der Waals surface area contributed by atoms with Crippen molar-refractivity contribution >= 4 is 21.5 Å². The van der Waals surface area contributed by atoms with Crippen molar-refractivity contribution < 1.29 is 0 Å². The first-order valence-corrected chi connectivity index (χ1v) is 6.55. The van der Waals surface area contributed by atoms with Crippen LogP contribution in [0.1, 0.15) is 0 Å². The van der Waals surface area contributed by atoms with E-state index >= 15 is 0 Å². The molecule has 0 heterocycles. The molecule has 19 heavy (non-hydrogen) atoms. The Hall–Kier alpha value is -2.47. The van der Waals surface area contributed by atoms with Crippen molar-refractivity contribution in [2.24, 2.45) is 0 Å². The SMILES string of the molecule is c1ccc2cc(-c3cc[c-]4ccccc34)ccc2c1. The first-order chi connectivity index (χ1) is 9.42. The number of benzene rings is 3. The Morgan fingerprint density at radius 2 is 1.47 bits per heavy atom. The van der Waals surface area contributed by atoms with Crippen molar-refractivity contribution in [3.63, 3.8) is 0 Å². The van der Waals surface area contributed by atoms with Crippen LogP contribution in [0.2, 0.25) is 0 Å². The van der Waals surface area contributed by atoms with Gasteiger partial charge in [0, 0.05) is 0 Å². The molecule has 0 radical (unpaired) electrons. The molecule has 0 aliphatic heterocycles. The summed E-state index contributed by atoms with van der Waals surface area (Å²) in [5, 5.41) is 5.23. The van der Waals surface area contributed by atoms with Crippen LogP contribution in [0.25, 0.3) is 32.7 Å². The maximum absolute atomic E-state index is 2.27. The van der Waals surface area contributed by atoms with Crippen molar-refractivity contribution in [1.82, 2.24) is 0 Å². The van der Waals surface area contributed by atoms with Gasteiger partial charge in [-0.1, -0.05) is 53.4 Å². The molecular formula is C19H13-. The van der Waals surface area contributed by atoms with E-state index in [1.807, 2.05) is 0 Å². The minimum atomic E-state index is 1.29. The minimum Gasteiger partial charge on any atom is -0.144 e. The van der Waals surface area contributed by atoms with Crippen LogP contribution in [-0.2, 0) is 0 Å². The van der Waals surface area contributed by atoms with Gasteiger partial charge in [0.15, 0.2) is 0 Å². The largest absolute Gasteiger partial charge is 0.144 e. The Balaban J connectivity index is 1.99. The zero-order valence-corrected chi connectivity index (χ0v) is 10.5. The lowest BCUT2D eigenvalue weighted by molar-refractivity contribution is 1.72. The second-order valence-corrected chi connectivity index (χ2v) is 4.90. The third-order valence-electron chi connectivity index (χ3n) is 3.74. The van der Waals surface area contributed by atoms with E-state index in [1.165, 1.54) is 32.7 Å². The van der Waals surface area contributed by atoms with E-state index in [1.54, 1.807) is 0 Å². The Morgan fingerprint density at radius 1 is 0.632 bits per heavy atom. The van der Waals surface area contributed by atoms with Crippen molar-refractivity contribution in [3.05, 3.63) is 78.9 Å². The minimum absolute atomic E-state index is 1.29. The van der Waals surface area contributed by atoms with Gasteiger partial charge in [-0.05, 0) is 10.8 Å². The highest BCUT2D eigenvalue weighted by Gasteiger charge is 1.99. The van der Waals surface area contributed by atoms with Gasteiger partial charge < -0.3 is 0 Å². The predicted octanol–water partition coefficient (Wildman–Crippen LogP) is 5.38. The number of rotatable bonds is 1. The second kappa shape index (κ2) is 4.03. The molecule has 4 aromatic carbocycles. The summed E-state index contributed by atoms with van der Waals surface area (Å²) in [6.07, 6.45) is 0. The van der Waals surface area contributed by atoms with Gasteiger partial charge in [0.25, 0.3) is 0 Å². The summed E-state index contributed by atoms with van der Waals surface area (Å²) >= 11 is 0. The zero-order valence-electron chi connectivity index (χ0n) is 10.5. The van der Waals surface area contributed by atoms with Gasteiger partial charge in [-0.25, -0.2) is 0 Å². The van der Waals surface area contributed by atoms with Crippen LogP contribution < -0.4 is 0 Å². The molecule has 0 amide bonds. The fourth-order valence-corrected chi connectivity index (χ4v) is 2.76. The molecule has 0 aromatic heterocycles. The van der Waals surface area contributed by atoms with Crippen LogP contribution in [0.3, 0.4) is 0 Å². The third-order valence-corrected chi connectivity index (χ3v) is 3.74. The van der Waals surface area contributed by atoms with E-state index in [9.17, 15) is 0 Å². The highest BCUT2D eigenvalue weighted by molar-refractivity contribution is 6.00. The molecule has 0 saturated heterocycles. The molecule has 0 N–H and O–H groups in total. The summed E-state index contributed by atoms with van der Waals surface area (Å²) in [6, 6.07) is 28.2. The maximum atomic E-state index is 2.27. The Labute approximate surface area is 112 Å². The molecule has 90 valence electrons. The first kappa shape index (κ1) is 10.5. The molecule has 0 aliphatic carbocycles. The Morgan fingerprint density at radius 3 is 2.42 bits per heavy atom. The Kier molecular flexibility index (Phi) is 2.22. The molecule has 4 rings (SSSR count). The standard InChI is InChI=1S/C19H13/c1-2-7-16-13-17(10-9-14(16)5-1)19-12-11-15-6-3-4-8-18(15)19/h1-13H/q-1. The van der Waals surface area contributed by atoms with Crippen molar-refractivity contribution in [2.45, 2.75) is 0 Å². The molecule has 0 bridgehead atoms. The maximum Gasteiger partial charge on any atom is -0.0184 e. The van der Waals surface area contributed by atoms with Crippen molar-refractivity contribution in [2.75, 3.05) is 0 Å². The highest BCUT2D eigenvalue weighted by Crippen LogP contribution is 2.32. The van der Waals surface area contributed by atoms with Crippen LogP contribution in [0.15, 0.2) is 78.9 Å². The van der Waals surface area contributed by atoms with Gasteiger partial charge in [-0.3, -0.25) is 0 Å². The van der Waals surface area contributed by atoms with Crippen LogP contribution >= 0.6 is 0 Å². The molecule has 0 nitrogen and oxygen atoms in total. The summed E-state index contributed by atoms with van der Waals surface area (Å²) in [7, 11) is 0. The van der Waals surface area contributed by atoms with E-state index in [-0.39, 0.29) is 0 Å².